The molecule has 88 valence electrons. The molecule has 1 heterocycles. The van der Waals surface area contributed by atoms with Gasteiger partial charge in [-0.15, -0.1) is 0 Å². The van der Waals surface area contributed by atoms with Crippen molar-refractivity contribution in [3.05, 3.63) is 23.9 Å². The summed E-state index contributed by atoms with van der Waals surface area (Å²) in [6.07, 6.45) is 1.58. The lowest BCUT2D eigenvalue weighted by atomic mass is 9.96. The summed E-state index contributed by atoms with van der Waals surface area (Å²) >= 11 is 0. The SMILES string of the molecule is CN(CC(C)(C)C)C(=O)c1cccnc1N. The summed E-state index contributed by atoms with van der Waals surface area (Å²) in [6, 6.07) is 3.42. The first-order chi connectivity index (χ1) is 7.31. The molecule has 0 radical (unpaired) electrons. The molecule has 16 heavy (non-hydrogen) atoms. The highest BCUT2D eigenvalue weighted by Gasteiger charge is 2.20. The van der Waals surface area contributed by atoms with Gasteiger partial charge in [0, 0.05) is 19.8 Å². The molecule has 0 spiro atoms. The molecule has 0 bridgehead atoms. The van der Waals surface area contributed by atoms with Gasteiger partial charge < -0.3 is 10.6 Å². The van der Waals surface area contributed by atoms with Gasteiger partial charge in [0.25, 0.3) is 5.91 Å². The Morgan fingerprint density at radius 3 is 2.62 bits per heavy atom. The van der Waals surface area contributed by atoms with E-state index in [1.165, 1.54) is 0 Å². The molecule has 1 amide bonds. The van der Waals surface area contributed by atoms with Gasteiger partial charge in [0.15, 0.2) is 0 Å². The third-order valence-corrected chi connectivity index (χ3v) is 2.13. The summed E-state index contributed by atoms with van der Waals surface area (Å²) in [5, 5.41) is 0. The highest BCUT2D eigenvalue weighted by molar-refractivity contribution is 5.98. The summed E-state index contributed by atoms with van der Waals surface area (Å²) in [5.74, 6) is 0.203. The van der Waals surface area contributed by atoms with Crippen LogP contribution in [0.5, 0.6) is 0 Å². The Bertz CT molecular complexity index is 382. The summed E-state index contributed by atoms with van der Waals surface area (Å²) < 4.78 is 0. The number of amides is 1. The van der Waals surface area contributed by atoms with E-state index in [9.17, 15) is 4.79 Å². The standard InChI is InChI=1S/C12H19N3O/c1-12(2,3)8-15(4)11(16)9-6-5-7-14-10(9)13/h5-7H,8H2,1-4H3,(H2,13,14). The number of hydrogen-bond donors (Lipinski definition) is 1. The number of nitrogens with zero attached hydrogens (tertiary/aromatic N) is 2. The second kappa shape index (κ2) is 4.51. The lowest BCUT2D eigenvalue weighted by molar-refractivity contribution is 0.0746. The molecule has 4 heteroatoms. The Labute approximate surface area is 96.5 Å². The number of hydrogen-bond acceptors (Lipinski definition) is 3. The largest absolute Gasteiger partial charge is 0.383 e. The van der Waals surface area contributed by atoms with Crippen molar-refractivity contribution < 1.29 is 4.79 Å². The van der Waals surface area contributed by atoms with Crippen LogP contribution in [0.1, 0.15) is 31.1 Å². The smallest absolute Gasteiger partial charge is 0.257 e. The van der Waals surface area contributed by atoms with Crippen molar-refractivity contribution in [1.29, 1.82) is 0 Å². The Hall–Kier alpha value is -1.58. The van der Waals surface area contributed by atoms with Gasteiger partial charge >= 0.3 is 0 Å². The minimum Gasteiger partial charge on any atom is -0.383 e. The first-order valence-corrected chi connectivity index (χ1v) is 5.27. The number of aromatic nitrogens is 1. The average Bonchev–Trinajstić information content (AvgIpc) is 2.15. The van der Waals surface area contributed by atoms with Gasteiger partial charge in [0.1, 0.15) is 5.82 Å². The molecule has 0 aliphatic heterocycles. The van der Waals surface area contributed by atoms with Crippen LogP contribution in [0, 0.1) is 5.41 Å². The van der Waals surface area contributed by atoms with Crippen LogP contribution in [0.4, 0.5) is 5.82 Å². The minimum atomic E-state index is -0.0828. The van der Waals surface area contributed by atoms with Crippen LogP contribution in [0.2, 0.25) is 0 Å². The van der Waals surface area contributed by atoms with Crippen LogP contribution in [0.15, 0.2) is 18.3 Å². The van der Waals surface area contributed by atoms with E-state index in [-0.39, 0.29) is 17.1 Å². The molecule has 0 saturated heterocycles. The van der Waals surface area contributed by atoms with Gasteiger partial charge in [0.05, 0.1) is 5.56 Å². The number of nitrogen functional groups attached to an aromatic ring is 1. The maximum Gasteiger partial charge on any atom is 0.257 e. The molecular weight excluding hydrogens is 202 g/mol. The molecule has 0 aliphatic rings. The molecule has 0 unspecified atom stereocenters. The van der Waals surface area contributed by atoms with E-state index in [2.05, 4.69) is 25.8 Å². The zero-order chi connectivity index (χ0) is 12.3. The van der Waals surface area contributed by atoms with Crippen LogP contribution in [0.25, 0.3) is 0 Å². The van der Waals surface area contributed by atoms with Crippen molar-refractivity contribution in [2.75, 3.05) is 19.3 Å². The fourth-order valence-electron chi connectivity index (χ4n) is 1.59. The molecular formula is C12H19N3O. The number of pyridine rings is 1. The maximum atomic E-state index is 12.0. The molecule has 1 aromatic rings. The quantitative estimate of drug-likeness (QED) is 0.828. The van der Waals surface area contributed by atoms with Gasteiger partial charge in [-0.05, 0) is 17.5 Å². The second-order valence-corrected chi connectivity index (χ2v) is 5.16. The molecule has 0 fully saturated rings. The van der Waals surface area contributed by atoms with Crippen molar-refractivity contribution in [1.82, 2.24) is 9.88 Å². The lowest BCUT2D eigenvalue weighted by Crippen LogP contribution is -2.34. The Morgan fingerprint density at radius 1 is 1.50 bits per heavy atom. The topological polar surface area (TPSA) is 59.2 Å². The van der Waals surface area contributed by atoms with Crippen LogP contribution >= 0.6 is 0 Å². The van der Waals surface area contributed by atoms with Crippen molar-refractivity contribution >= 4 is 11.7 Å². The van der Waals surface area contributed by atoms with Crippen LogP contribution in [0.3, 0.4) is 0 Å². The van der Waals surface area contributed by atoms with E-state index in [0.29, 0.717) is 12.1 Å². The number of carbonyl (C=O) groups is 1. The molecule has 0 saturated carbocycles. The number of nitrogens with two attached hydrogens (primary N) is 1. The van der Waals surface area contributed by atoms with Gasteiger partial charge in [0.2, 0.25) is 0 Å². The van der Waals surface area contributed by atoms with Crippen molar-refractivity contribution in [2.24, 2.45) is 5.41 Å². The highest BCUT2D eigenvalue weighted by atomic mass is 16.2. The zero-order valence-corrected chi connectivity index (χ0v) is 10.3. The third kappa shape index (κ3) is 3.22. The number of carbonyl (C=O) groups excluding carboxylic acids is 1. The Balaban J connectivity index is 2.83. The number of rotatable bonds is 2. The van der Waals surface area contributed by atoms with Crippen LogP contribution < -0.4 is 5.73 Å². The Kier molecular flexibility index (Phi) is 3.52. The van der Waals surface area contributed by atoms with E-state index >= 15 is 0 Å². The van der Waals surface area contributed by atoms with Crippen LogP contribution in [-0.4, -0.2) is 29.4 Å². The predicted octanol–water partition coefficient (Wildman–Crippen LogP) is 1.78. The summed E-state index contributed by atoms with van der Waals surface area (Å²) in [4.78, 5) is 17.6. The third-order valence-electron chi connectivity index (χ3n) is 2.13. The van der Waals surface area contributed by atoms with E-state index in [1.54, 1.807) is 30.3 Å². The van der Waals surface area contributed by atoms with E-state index in [1.807, 2.05) is 0 Å². The van der Waals surface area contributed by atoms with E-state index in [0.717, 1.165) is 0 Å². The van der Waals surface area contributed by atoms with E-state index in [4.69, 9.17) is 5.73 Å². The zero-order valence-electron chi connectivity index (χ0n) is 10.3. The summed E-state index contributed by atoms with van der Waals surface area (Å²) in [5.41, 5.74) is 6.20. The molecule has 1 aromatic heterocycles. The normalized spacial score (nSPS) is 11.2. The first kappa shape index (κ1) is 12.5. The molecule has 4 nitrogen and oxygen atoms in total. The average molecular weight is 221 g/mol. The predicted molar refractivity (Wildman–Crippen MR) is 65.1 cm³/mol. The lowest BCUT2D eigenvalue weighted by Gasteiger charge is -2.26. The summed E-state index contributed by atoms with van der Waals surface area (Å²) in [7, 11) is 1.78. The molecule has 0 atom stereocenters. The molecule has 0 aromatic carbocycles. The van der Waals surface area contributed by atoms with Gasteiger partial charge in [-0.2, -0.15) is 0 Å². The number of anilines is 1. The minimum absolute atomic E-state index is 0.0708. The Morgan fingerprint density at radius 2 is 2.12 bits per heavy atom. The molecule has 1 rings (SSSR count). The van der Waals surface area contributed by atoms with Crippen molar-refractivity contribution in [3.8, 4) is 0 Å². The van der Waals surface area contributed by atoms with Gasteiger partial charge in [-0.25, -0.2) is 4.98 Å². The van der Waals surface area contributed by atoms with Crippen molar-refractivity contribution in [2.45, 2.75) is 20.8 Å². The molecule has 0 aliphatic carbocycles. The van der Waals surface area contributed by atoms with Gasteiger partial charge in [-0.3, -0.25) is 4.79 Å². The highest BCUT2D eigenvalue weighted by Crippen LogP contribution is 2.17. The van der Waals surface area contributed by atoms with Gasteiger partial charge in [-0.1, -0.05) is 20.8 Å². The fourth-order valence-corrected chi connectivity index (χ4v) is 1.59. The van der Waals surface area contributed by atoms with Crippen molar-refractivity contribution in [3.63, 3.8) is 0 Å². The first-order valence-electron chi connectivity index (χ1n) is 5.27. The van der Waals surface area contributed by atoms with E-state index < -0.39 is 0 Å². The van der Waals surface area contributed by atoms with Crippen LogP contribution in [-0.2, 0) is 0 Å². The maximum absolute atomic E-state index is 12.0. The summed E-state index contributed by atoms with van der Waals surface area (Å²) in [6.45, 7) is 6.94. The molecule has 2 N–H and O–H groups in total. The second-order valence-electron chi connectivity index (χ2n) is 5.16. The fraction of sp³-hybridized carbons (Fsp3) is 0.500. The monoisotopic (exact) mass is 221 g/mol.